The molecule has 1 fully saturated rings. The maximum Gasteiger partial charge on any atom is 0.0483 e. The van der Waals surface area contributed by atoms with Crippen molar-refractivity contribution in [3.63, 3.8) is 0 Å². The third kappa shape index (κ3) is 2.16. The molecular formula is C18H26N2. The van der Waals surface area contributed by atoms with Gasteiger partial charge >= 0.3 is 0 Å². The lowest BCUT2D eigenvalue weighted by atomic mass is 9.92. The summed E-state index contributed by atoms with van der Waals surface area (Å²) in [6, 6.07) is 8.69. The average Bonchev–Trinajstić information content (AvgIpc) is 3.19. The number of hydrogen-bond donors (Lipinski definition) is 1. The van der Waals surface area contributed by atoms with E-state index in [2.05, 4.69) is 62.0 Å². The highest BCUT2D eigenvalue weighted by atomic mass is 15.0. The average molecular weight is 270 g/mol. The van der Waals surface area contributed by atoms with Crippen molar-refractivity contribution in [2.24, 2.45) is 18.4 Å². The van der Waals surface area contributed by atoms with E-state index in [0.717, 1.165) is 19.0 Å². The third-order valence-corrected chi connectivity index (χ3v) is 5.39. The lowest BCUT2D eigenvalue weighted by molar-refractivity contribution is 0.336. The highest BCUT2D eigenvalue weighted by Crippen LogP contribution is 2.51. The van der Waals surface area contributed by atoms with Crippen molar-refractivity contribution in [3.05, 3.63) is 35.5 Å². The maximum atomic E-state index is 3.71. The van der Waals surface area contributed by atoms with E-state index in [0.29, 0.717) is 5.41 Å². The summed E-state index contributed by atoms with van der Waals surface area (Å²) >= 11 is 0. The fourth-order valence-electron chi connectivity index (χ4n) is 3.44. The van der Waals surface area contributed by atoms with E-state index in [1.165, 1.54) is 35.0 Å². The summed E-state index contributed by atoms with van der Waals surface area (Å²) in [5.74, 6) is 0.795. The van der Waals surface area contributed by atoms with Crippen LogP contribution in [-0.2, 0) is 13.6 Å². The molecule has 1 aliphatic carbocycles. The number of fused-ring (bicyclic) bond motifs is 1. The molecule has 0 saturated heterocycles. The summed E-state index contributed by atoms with van der Waals surface area (Å²) in [4.78, 5) is 0. The standard InChI is InChI=1S/C18H26N2/c1-13(2)18(9-10-18)12-19-11-17-14(3)15-7-5-6-8-16(15)20(17)4/h5-8,13,19H,9-12H2,1-4H3. The Balaban J connectivity index is 1.75. The van der Waals surface area contributed by atoms with Crippen molar-refractivity contribution >= 4 is 10.9 Å². The van der Waals surface area contributed by atoms with Crippen LogP contribution in [0.15, 0.2) is 24.3 Å². The largest absolute Gasteiger partial charge is 0.346 e. The van der Waals surface area contributed by atoms with Crippen molar-refractivity contribution in [1.82, 2.24) is 9.88 Å². The van der Waals surface area contributed by atoms with Crippen molar-refractivity contribution in [2.45, 2.75) is 40.2 Å². The van der Waals surface area contributed by atoms with Crippen LogP contribution < -0.4 is 5.32 Å². The van der Waals surface area contributed by atoms with E-state index in [-0.39, 0.29) is 0 Å². The number of aryl methyl sites for hydroxylation is 2. The molecular weight excluding hydrogens is 244 g/mol. The predicted octanol–water partition coefficient (Wildman–Crippen LogP) is 4.01. The maximum absolute atomic E-state index is 3.71. The van der Waals surface area contributed by atoms with Gasteiger partial charge in [-0.1, -0.05) is 32.0 Å². The summed E-state index contributed by atoms with van der Waals surface area (Å²) in [6.45, 7) is 9.10. The van der Waals surface area contributed by atoms with Crippen molar-refractivity contribution in [2.75, 3.05) is 6.54 Å². The summed E-state index contributed by atoms with van der Waals surface area (Å²) in [5, 5.41) is 5.09. The number of nitrogens with one attached hydrogen (secondary N) is 1. The monoisotopic (exact) mass is 270 g/mol. The fourth-order valence-corrected chi connectivity index (χ4v) is 3.44. The van der Waals surface area contributed by atoms with Gasteiger partial charge in [-0.15, -0.1) is 0 Å². The van der Waals surface area contributed by atoms with Crippen LogP contribution in [0, 0.1) is 18.3 Å². The Morgan fingerprint density at radius 2 is 1.95 bits per heavy atom. The second kappa shape index (κ2) is 4.92. The molecule has 1 saturated carbocycles. The predicted molar refractivity (Wildman–Crippen MR) is 85.9 cm³/mol. The Hall–Kier alpha value is -1.28. The number of rotatable bonds is 5. The zero-order valence-corrected chi connectivity index (χ0v) is 13.2. The number of aromatic nitrogens is 1. The topological polar surface area (TPSA) is 17.0 Å². The van der Waals surface area contributed by atoms with Gasteiger partial charge in [0.2, 0.25) is 0 Å². The normalized spacial score (nSPS) is 17.1. The van der Waals surface area contributed by atoms with Gasteiger partial charge in [-0.25, -0.2) is 0 Å². The molecule has 1 heterocycles. The third-order valence-electron chi connectivity index (χ3n) is 5.39. The molecule has 2 nitrogen and oxygen atoms in total. The lowest BCUT2D eigenvalue weighted by Gasteiger charge is -2.20. The van der Waals surface area contributed by atoms with Crippen LogP contribution >= 0.6 is 0 Å². The van der Waals surface area contributed by atoms with Crippen LogP contribution in [0.5, 0.6) is 0 Å². The van der Waals surface area contributed by atoms with Crippen molar-refractivity contribution in [3.8, 4) is 0 Å². The van der Waals surface area contributed by atoms with Crippen molar-refractivity contribution in [1.29, 1.82) is 0 Å². The lowest BCUT2D eigenvalue weighted by Crippen LogP contribution is -2.28. The first kappa shape index (κ1) is 13.7. The van der Waals surface area contributed by atoms with Crippen LogP contribution in [0.4, 0.5) is 0 Å². The number of para-hydroxylation sites is 1. The molecule has 0 spiro atoms. The molecule has 0 unspecified atom stereocenters. The van der Waals surface area contributed by atoms with Gasteiger partial charge < -0.3 is 9.88 Å². The molecule has 1 aliphatic rings. The van der Waals surface area contributed by atoms with Gasteiger partial charge in [-0.3, -0.25) is 0 Å². The zero-order valence-electron chi connectivity index (χ0n) is 13.2. The molecule has 0 atom stereocenters. The number of hydrogen-bond acceptors (Lipinski definition) is 1. The molecule has 1 aromatic heterocycles. The van der Waals surface area contributed by atoms with E-state index in [4.69, 9.17) is 0 Å². The van der Waals surface area contributed by atoms with Crippen LogP contribution in [0.3, 0.4) is 0 Å². The minimum atomic E-state index is 0.582. The van der Waals surface area contributed by atoms with Crippen molar-refractivity contribution < 1.29 is 0 Å². The number of benzene rings is 1. The van der Waals surface area contributed by atoms with Gasteiger partial charge in [0.1, 0.15) is 0 Å². The van der Waals surface area contributed by atoms with Crippen LogP contribution in [0.25, 0.3) is 10.9 Å². The van der Waals surface area contributed by atoms with Gasteiger partial charge in [-0.2, -0.15) is 0 Å². The molecule has 20 heavy (non-hydrogen) atoms. The van der Waals surface area contributed by atoms with Crippen LogP contribution in [0.1, 0.15) is 37.9 Å². The van der Waals surface area contributed by atoms with Crippen LogP contribution in [-0.4, -0.2) is 11.1 Å². The zero-order chi connectivity index (χ0) is 14.3. The molecule has 0 bridgehead atoms. The molecule has 3 rings (SSSR count). The van der Waals surface area contributed by atoms with Gasteiger partial charge in [0.15, 0.2) is 0 Å². The van der Waals surface area contributed by atoms with E-state index in [9.17, 15) is 0 Å². The van der Waals surface area contributed by atoms with E-state index >= 15 is 0 Å². The molecule has 2 aromatic rings. The minimum Gasteiger partial charge on any atom is -0.346 e. The quantitative estimate of drug-likeness (QED) is 0.868. The second-order valence-electron chi connectivity index (χ2n) is 6.77. The first-order chi connectivity index (χ1) is 9.55. The van der Waals surface area contributed by atoms with Gasteiger partial charge in [0, 0.05) is 36.7 Å². The van der Waals surface area contributed by atoms with Gasteiger partial charge in [0.05, 0.1) is 0 Å². The Morgan fingerprint density at radius 3 is 2.55 bits per heavy atom. The highest BCUT2D eigenvalue weighted by molar-refractivity contribution is 5.85. The highest BCUT2D eigenvalue weighted by Gasteiger charge is 2.44. The summed E-state index contributed by atoms with van der Waals surface area (Å²) in [6.07, 6.45) is 2.79. The number of nitrogens with zero attached hydrogens (tertiary/aromatic N) is 1. The second-order valence-corrected chi connectivity index (χ2v) is 6.77. The Labute approximate surface area is 122 Å². The smallest absolute Gasteiger partial charge is 0.0483 e. The van der Waals surface area contributed by atoms with E-state index in [1.807, 2.05) is 0 Å². The first-order valence-electron chi connectivity index (χ1n) is 7.79. The minimum absolute atomic E-state index is 0.582. The summed E-state index contributed by atoms with van der Waals surface area (Å²) in [7, 11) is 2.18. The summed E-state index contributed by atoms with van der Waals surface area (Å²) in [5.41, 5.74) is 4.76. The molecule has 108 valence electrons. The molecule has 0 radical (unpaired) electrons. The fraction of sp³-hybridized carbons (Fsp3) is 0.556. The van der Waals surface area contributed by atoms with Gasteiger partial charge in [0.25, 0.3) is 0 Å². The van der Waals surface area contributed by atoms with E-state index in [1.54, 1.807) is 0 Å². The first-order valence-corrected chi connectivity index (χ1v) is 7.79. The Kier molecular flexibility index (Phi) is 3.37. The Morgan fingerprint density at radius 1 is 1.25 bits per heavy atom. The van der Waals surface area contributed by atoms with Gasteiger partial charge in [-0.05, 0) is 42.7 Å². The molecule has 0 amide bonds. The summed E-state index contributed by atoms with van der Waals surface area (Å²) < 4.78 is 2.34. The Bertz CT molecular complexity index is 579. The van der Waals surface area contributed by atoms with Crippen LogP contribution in [0.2, 0.25) is 0 Å². The SMILES string of the molecule is Cc1c(CNCC2(C(C)C)CC2)n(C)c2ccccc12. The molecule has 2 heteroatoms. The molecule has 1 N–H and O–H groups in total. The van der Waals surface area contributed by atoms with E-state index < -0.39 is 0 Å². The molecule has 0 aliphatic heterocycles. The molecule has 1 aromatic carbocycles.